The first-order chi connectivity index (χ1) is 34.2. The molecule has 2 fully saturated rings. The van der Waals surface area contributed by atoms with Crippen LogP contribution < -0.4 is 0 Å². The van der Waals surface area contributed by atoms with Crippen molar-refractivity contribution < 1.29 is 28.9 Å². The van der Waals surface area contributed by atoms with E-state index in [1.807, 2.05) is 61.5 Å². The van der Waals surface area contributed by atoms with Gasteiger partial charge < -0.3 is 18.8 Å². The molecular weight excluding hydrogens is 873 g/mol. The third kappa shape index (κ3) is 10.4. The number of carbonyl (C=O) groups is 4. The lowest BCUT2D eigenvalue weighted by molar-refractivity contribution is -0.149. The minimum Gasteiger partial charge on any atom is -0.341 e. The highest BCUT2D eigenvalue weighted by Gasteiger charge is 2.28. The zero-order valence-corrected chi connectivity index (χ0v) is 41.3. The predicted octanol–water partition coefficient (Wildman–Crippen LogP) is 14.6. The summed E-state index contributed by atoms with van der Waals surface area (Å²) in [7, 11) is 0. The third-order valence-electron chi connectivity index (χ3n) is 15.2. The molecule has 1 unspecified atom stereocenters. The van der Waals surface area contributed by atoms with Crippen LogP contribution in [0.25, 0.3) is 43.6 Å². The van der Waals surface area contributed by atoms with E-state index in [-0.39, 0.29) is 29.2 Å². The predicted molar refractivity (Wildman–Crippen MR) is 281 cm³/mol. The number of ketones is 2. The first-order valence-electron chi connectivity index (χ1n) is 26.0. The maximum absolute atomic E-state index is 14.4. The molecule has 2 saturated carbocycles. The van der Waals surface area contributed by atoms with Gasteiger partial charge in [-0.15, -0.1) is 0 Å². The number of hydrogen-bond donors (Lipinski definition) is 0. The molecule has 0 amide bonds. The van der Waals surface area contributed by atoms with Crippen LogP contribution in [-0.4, -0.2) is 44.1 Å². The van der Waals surface area contributed by atoms with Crippen LogP contribution in [0.3, 0.4) is 0 Å². The van der Waals surface area contributed by atoms with Gasteiger partial charge in [0.15, 0.2) is 0 Å². The molecule has 362 valence electrons. The van der Waals surface area contributed by atoms with Gasteiger partial charge in [-0.25, -0.2) is 9.59 Å². The number of unbranched alkanes of at least 4 members (excludes halogenated alkanes) is 1. The van der Waals surface area contributed by atoms with Crippen molar-refractivity contribution in [3.63, 3.8) is 0 Å². The Bertz CT molecular complexity index is 3110. The van der Waals surface area contributed by atoms with Gasteiger partial charge in [-0.2, -0.15) is 0 Å². The Balaban J connectivity index is 0.900. The Hall–Kier alpha value is -6.68. The van der Waals surface area contributed by atoms with Gasteiger partial charge in [0.2, 0.25) is 11.6 Å². The van der Waals surface area contributed by atoms with Crippen molar-refractivity contribution in [1.82, 2.24) is 9.13 Å². The van der Waals surface area contributed by atoms with Crippen LogP contribution in [0.15, 0.2) is 120 Å². The lowest BCUT2D eigenvalue weighted by Crippen LogP contribution is -2.21. The third-order valence-corrected chi connectivity index (χ3v) is 15.2. The van der Waals surface area contributed by atoms with Gasteiger partial charge in [-0.3, -0.25) is 9.59 Å². The first-order valence-corrected chi connectivity index (χ1v) is 26.0. The molecule has 70 heavy (non-hydrogen) atoms. The summed E-state index contributed by atoms with van der Waals surface area (Å²) in [6, 6.07) is 35.6. The fourth-order valence-electron chi connectivity index (χ4n) is 10.8. The molecule has 0 saturated heterocycles. The summed E-state index contributed by atoms with van der Waals surface area (Å²) in [5.41, 5.74) is 7.78. The van der Waals surface area contributed by atoms with Crippen molar-refractivity contribution in [3.05, 3.63) is 131 Å². The second kappa shape index (κ2) is 22.0. The summed E-state index contributed by atoms with van der Waals surface area (Å²) in [5, 5.41) is 12.8. The van der Waals surface area contributed by atoms with E-state index in [4.69, 9.17) is 9.68 Å². The topological polar surface area (TPSA) is 121 Å². The van der Waals surface area contributed by atoms with Crippen LogP contribution in [0.4, 0.5) is 0 Å². The molecule has 0 spiro atoms. The second-order valence-corrected chi connectivity index (χ2v) is 19.6. The van der Waals surface area contributed by atoms with Gasteiger partial charge in [-0.05, 0) is 162 Å². The smallest absolute Gasteiger partial charge is 0.341 e. The van der Waals surface area contributed by atoms with Crippen molar-refractivity contribution in [2.45, 2.75) is 137 Å². The molecule has 9 rings (SSSR count). The molecular formula is C60H66N4O6. The van der Waals surface area contributed by atoms with Crippen LogP contribution in [0.1, 0.15) is 160 Å². The number of aromatic nitrogens is 2. The van der Waals surface area contributed by atoms with E-state index in [1.54, 1.807) is 24.3 Å². The molecule has 7 aromatic rings. The van der Waals surface area contributed by atoms with Crippen LogP contribution in [0.2, 0.25) is 0 Å². The number of fused-ring (bicyclic) bond motifs is 6. The van der Waals surface area contributed by atoms with Gasteiger partial charge >= 0.3 is 11.9 Å². The molecule has 0 aliphatic heterocycles. The van der Waals surface area contributed by atoms with Crippen LogP contribution >= 0.6 is 0 Å². The monoisotopic (exact) mass is 938 g/mol. The zero-order valence-electron chi connectivity index (χ0n) is 41.3. The number of Topliss-reactive ketones (excluding diaryl/α,β-unsaturated/α-hetero) is 2. The van der Waals surface area contributed by atoms with Crippen LogP contribution in [0, 0.1) is 17.8 Å². The fraction of sp³-hybridized carbons (Fsp3) is 0.400. The quantitative estimate of drug-likeness (QED) is 0.0306. The summed E-state index contributed by atoms with van der Waals surface area (Å²) in [5.74, 6) is -0.220. The standard InChI is InChI=1S/C60H66N4O6/c1-5-9-15-41(6-2)59(67)69-61-51(57(65)45-29-34-54-49(36-45)47-18-13-14-19-53(47)63(54)7-3)33-25-40-22-26-42(27-23-40)44-28-31-48-50-37-46(30-35-55(50)64(8-4)56(48)38-44)58(66)52(32-24-39-20-21-39)62-70-60(68)43-16-11-10-12-17-43/h10-14,16-19,28-31,34-42H,5-9,15,20-27,32-33H2,1-4H3/b61-51+,62-52+. The number of benzene rings is 5. The molecule has 1 atom stereocenters. The Kier molecular flexibility index (Phi) is 15.2. The molecule has 5 aromatic carbocycles. The van der Waals surface area contributed by atoms with Gasteiger partial charge in [0, 0.05) is 67.8 Å². The number of aryl methyl sites for hydroxylation is 2. The van der Waals surface area contributed by atoms with Crippen molar-refractivity contribution in [2.24, 2.45) is 28.1 Å². The Morgan fingerprint density at radius 3 is 1.69 bits per heavy atom. The summed E-state index contributed by atoms with van der Waals surface area (Å²) in [4.78, 5) is 65.5. The zero-order chi connectivity index (χ0) is 48.7. The van der Waals surface area contributed by atoms with Gasteiger partial charge in [0.1, 0.15) is 11.4 Å². The summed E-state index contributed by atoms with van der Waals surface area (Å²) in [6.07, 6.45) is 12.3. The molecule has 0 N–H and O–H groups in total. The molecule has 2 aliphatic rings. The molecule has 2 heterocycles. The molecule has 0 radical (unpaired) electrons. The maximum Gasteiger partial charge on any atom is 0.365 e. The molecule has 2 aromatic heterocycles. The highest BCUT2D eigenvalue weighted by Crippen LogP contribution is 2.41. The second-order valence-electron chi connectivity index (χ2n) is 19.6. The van der Waals surface area contributed by atoms with E-state index < -0.39 is 5.97 Å². The average molecular weight is 939 g/mol. The largest absolute Gasteiger partial charge is 0.365 e. The maximum atomic E-state index is 14.4. The Morgan fingerprint density at radius 1 is 0.557 bits per heavy atom. The van der Waals surface area contributed by atoms with Crippen LogP contribution in [0.5, 0.6) is 0 Å². The fourth-order valence-corrected chi connectivity index (χ4v) is 10.8. The van der Waals surface area contributed by atoms with Crippen molar-refractivity contribution >= 4 is 78.5 Å². The van der Waals surface area contributed by atoms with Gasteiger partial charge in [-0.1, -0.05) is 98.4 Å². The normalized spacial score (nSPS) is 17.1. The lowest BCUT2D eigenvalue weighted by Gasteiger charge is -2.29. The van der Waals surface area contributed by atoms with E-state index in [1.165, 1.54) is 5.56 Å². The first kappa shape index (κ1) is 48.3. The van der Waals surface area contributed by atoms with E-state index in [0.717, 1.165) is 127 Å². The van der Waals surface area contributed by atoms with Crippen molar-refractivity contribution in [3.8, 4) is 0 Å². The summed E-state index contributed by atoms with van der Waals surface area (Å²) in [6.45, 7) is 9.99. The Morgan fingerprint density at radius 2 is 1.10 bits per heavy atom. The van der Waals surface area contributed by atoms with E-state index in [2.05, 4.69) is 70.5 Å². The number of hydrogen-bond acceptors (Lipinski definition) is 8. The van der Waals surface area contributed by atoms with Gasteiger partial charge in [0.05, 0.1) is 11.5 Å². The number of carbonyl (C=O) groups excluding carboxylic acids is 4. The highest BCUT2D eigenvalue weighted by molar-refractivity contribution is 6.47. The number of oxime groups is 2. The SMILES string of the molecule is CCCCC(CC)C(=O)O/N=C(\CCC1CCC(c2ccc3c4cc(C(=O)/C(CCC5CC5)=N/OC(=O)c5ccccc5)ccc4n(CC)c3c2)CC1)C(=O)c1ccc2c(c1)c1ccccc1n2CC. The summed E-state index contributed by atoms with van der Waals surface area (Å²) < 4.78 is 4.60. The number of para-hydroxylation sites is 1. The molecule has 2 aliphatic carbocycles. The molecule has 10 nitrogen and oxygen atoms in total. The van der Waals surface area contributed by atoms with Crippen molar-refractivity contribution in [2.75, 3.05) is 0 Å². The number of nitrogens with zero attached hydrogens (tertiary/aromatic N) is 4. The van der Waals surface area contributed by atoms with Gasteiger partial charge in [0.25, 0.3) is 0 Å². The van der Waals surface area contributed by atoms with E-state index in [0.29, 0.717) is 59.4 Å². The highest BCUT2D eigenvalue weighted by atomic mass is 16.7. The van der Waals surface area contributed by atoms with Crippen LogP contribution in [-0.2, 0) is 27.6 Å². The molecule has 0 bridgehead atoms. The molecule has 10 heteroatoms. The minimum atomic E-state index is -0.585. The van der Waals surface area contributed by atoms with E-state index >= 15 is 0 Å². The average Bonchev–Trinajstić information content (AvgIpc) is 4.11. The van der Waals surface area contributed by atoms with E-state index in [9.17, 15) is 19.2 Å². The number of rotatable bonds is 21. The Labute approximate surface area is 411 Å². The van der Waals surface area contributed by atoms with Crippen molar-refractivity contribution in [1.29, 1.82) is 0 Å². The lowest BCUT2D eigenvalue weighted by atomic mass is 9.76. The summed E-state index contributed by atoms with van der Waals surface area (Å²) >= 11 is 0. The minimum absolute atomic E-state index is 0.194.